The minimum atomic E-state index is -0.229. The topological polar surface area (TPSA) is 21.3 Å². The molecule has 0 heterocycles. The highest BCUT2D eigenvalue weighted by Gasteiger charge is 2.09. The lowest BCUT2D eigenvalue weighted by molar-refractivity contribution is 0.300. The molecule has 1 N–H and O–H groups in total. The monoisotopic (exact) mass is 259 g/mol. The average molecular weight is 259 g/mol. The molecule has 0 aliphatic heterocycles. The van der Waals surface area contributed by atoms with Crippen molar-refractivity contribution >= 4 is 0 Å². The van der Waals surface area contributed by atoms with Crippen molar-refractivity contribution in [3.05, 3.63) is 65.5 Å². The minimum absolute atomic E-state index is 0.226. The van der Waals surface area contributed by atoms with E-state index in [0.717, 1.165) is 16.9 Å². The Morgan fingerprint density at radius 3 is 2.47 bits per heavy atom. The molecule has 0 saturated heterocycles. The van der Waals surface area contributed by atoms with E-state index in [0.29, 0.717) is 6.61 Å². The van der Waals surface area contributed by atoms with Crippen LogP contribution in [-0.2, 0) is 6.61 Å². The number of benzene rings is 2. The summed E-state index contributed by atoms with van der Waals surface area (Å²) in [6, 6.07) is 14.5. The minimum Gasteiger partial charge on any atom is -0.489 e. The maximum atomic E-state index is 12.8. The predicted molar refractivity (Wildman–Crippen MR) is 74.6 cm³/mol. The van der Waals surface area contributed by atoms with Crippen molar-refractivity contribution in [3.63, 3.8) is 0 Å². The first-order valence-electron chi connectivity index (χ1n) is 6.34. The number of nitrogens with one attached hydrogen (secondary N) is 1. The highest BCUT2D eigenvalue weighted by Crippen LogP contribution is 2.25. The maximum Gasteiger partial charge on any atom is 0.124 e. The Hall–Kier alpha value is -1.87. The summed E-state index contributed by atoms with van der Waals surface area (Å²) in [6.07, 6.45) is 0. The quantitative estimate of drug-likeness (QED) is 0.884. The highest BCUT2D eigenvalue weighted by molar-refractivity contribution is 5.35. The molecule has 19 heavy (non-hydrogen) atoms. The summed E-state index contributed by atoms with van der Waals surface area (Å²) in [5.41, 5.74) is 2.07. The second-order valence-corrected chi connectivity index (χ2v) is 4.46. The number of rotatable bonds is 5. The fraction of sp³-hybridized carbons (Fsp3) is 0.250. The maximum absolute atomic E-state index is 12.8. The van der Waals surface area contributed by atoms with Gasteiger partial charge in [0.2, 0.25) is 0 Å². The van der Waals surface area contributed by atoms with Gasteiger partial charge in [-0.2, -0.15) is 0 Å². The first-order valence-corrected chi connectivity index (χ1v) is 6.34. The van der Waals surface area contributed by atoms with Gasteiger partial charge in [-0.15, -0.1) is 0 Å². The van der Waals surface area contributed by atoms with Crippen LogP contribution in [0.2, 0.25) is 0 Å². The summed E-state index contributed by atoms with van der Waals surface area (Å²) < 4.78 is 18.6. The molecule has 0 amide bonds. The van der Waals surface area contributed by atoms with Crippen LogP contribution in [0.1, 0.15) is 24.1 Å². The van der Waals surface area contributed by atoms with E-state index in [1.165, 1.54) is 12.1 Å². The van der Waals surface area contributed by atoms with Crippen LogP contribution in [0, 0.1) is 5.82 Å². The van der Waals surface area contributed by atoms with Crippen LogP contribution in [0.25, 0.3) is 0 Å². The average Bonchev–Trinajstić information content (AvgIpc) is 2.46. The largest absolute Gasteiger partial charge is 0.489 e. The van der Waals surface area contributed by atoms with Crippen LogP contribution in [0.5, 0.6) is 5.75 Å². The van der Waals surface area contributed by atoms with Gasteiger partial charge in [0.05, 0.1) is 0 Å². The first kappa shape index (κ1) is 13.6. The summed E-state index contributed by atoms with van der Waals surface area (Å²) >= 11 is 0. The molecule has 2 nitrogen and oxygen atoms in total. The van der Waals surface area contributed by atoms with E-state index >= 15 is 0 Å². The Bertz CT molecular complexity index is 525. The molecule has 0 radical (unpaired) electrons. The number of hydrogen-bond donors (Lipinski definition) is 1. The molecule has 0 aliphatic carbocycles. The Labute approximate surface area is 113 Å². The molecule has 2 aromatic rings. The molecule has 1 unspecified atom stereocenters. The molecule has 0 bridgehead atoms. The third-order valence-corrected chi connectivity index (χ3v) is 3.13. The van der Waals surface area contributed by atoms with Crippen LogP contribution in [0.4, 0.5) is 4.39 Å². The zero-order valence-corrected chi connectivity index (χ0v) is 11.2. The molecule has 0 aromatic heterocycles. The van der Waals surface area contributed by atoms with E-state index in [-0.39, 0.29) is 11.9 Å². The van der Waals surface area contributed by atoms with Crippen LogP contribution >= 0.6 is 0 Å². The van der Waals surface area contributed by atoms with E-state index in [9.17, 15) is 4.39 Å². The number of hydrogen-bond acceptors (Lipinski definition) is 2. The summed E-state index contributed by atoms with van der Waals surface area (Å²) in [4.78, 5) is 0. The lowest BCUT2D eigenvalue weighted by atomic mass is 10.1. The van der Waals surface area contributed by atoms with Crippen molar-refractivity contribution in [2.45, 2.75) is 19.6 Å². The Balaban J connectivity index is 2.09. The van der Waals surface area contributed by atoms with E-state index in [1.54, 1.807) is 12.1 Å². The van der Waals surface area contributed by atoms with E-state index in [2.05, 4.69) is 12.2 Å². The fourth-order valence-electron chi connectivity index (χ4n) is 1.87. The smallest absolute Gasteiger partial charge is 0.124 e. The zero-order chi connectivity index (χ0) is 13.7. The Kier molecular flexibility index (Phi) is 4.53. The highest BCUT2D eigenvalue weighted by atomic mass is 19.1. The van der Waals surface area contributed by atoms with Gasteiger partial charge in [0.15, 0.2) is 0 Å². The molecule has 0 spiro atoms. The van der Waals surface area contributed by atoms with Gasteiger partial charge in [-0.1, -0.05) is 30.3 Å². The standard InChI is InChI=1S/C16H18FNO/c1-12(18-2)15-5-3-4-6-16(15)19-11-13-7-9-14(17)10-8-13/h3-10,12,18H,11H2,1-2H3. The molecule has 2 aromatic carbocycles. The van der Waals surface area contributed by atoms with Crippen molar-refractivity contribution in [2.75, 3.05) is 7.05 Å². The second-order valence-electron chi connectivity index (χ2n) is 4.46. The van der Waals surface area contributed by atoms with E-state index < -0.39 is 0 Å². The molecule has 2 rings (SSSR count). The molecule has 0 fully saturated rings. The fourth-order valence-corrected chi connectivity index (χ4v) is 1.87. The van der Waals surface area contributed by atoms with Crippen LogP contribution < -0.4 is 10.1 Å². The summed E-state index contributed by atoms with van der Waals surface area (Å²) in [5, 5.41) is 3.20. The van der Waals surface area contributed by atoms with E-state index in [4.69, 9.17) is 4.74 Å². The number of halogens is 1. The summed E-state index contributed by atoms with van der Waals surface area (Å²) in [5.74, 6) is 0.627. The molecular formula is C16H18FNO. The van der Waals surface area contributed by atoms with Gasteiger partial charge in [-0.3, -0.25) is 0 Å². The van der Waals surface area contributed by atoms with Crippen LogP contribution in [0.15, 0.2) is 48.5 Å². The van der Waals surface area contributed by atoms with Gasteiger partial charge in [-0.05, 0) is 37.7 Å². The van der Waals surface area contributed by atoms with Crippen molar-refractivity contribution in [3.8, 4) is 5.75 Å². The number of para-hydroxylation sites is 1. The first-order chi connectivity index (χ1) is 9.20. The molecule has 3 heteroatoms. The SMILES string of the molecule is CNC(C)c1ccccc1OCc1ccc(F)cc1. The number of ether oxygens (including phenoxy) is 1. The predicted octanol–water partition coefficient (Wildman–Crippen LogP) is 3.69. The molecule has 0 saturated carbocycles. The molecule has 100 valence electrons. The van der Waals surface area contributed by atoms with Crippen molar-refractivity contribution in [1.29, 1.82) is 0 Å². The summed E-state index contributed by atoms with van der Waals surface area (Å²) in [7, 11) is 1.92. The van der Waals surface area contributed by atoms with Crippen LogP contribution in [-0.4, -0.2) is 7.05 Å². The van der Waals surface area contributed by atoms with Crippen molar-refractivity contribution < 1.29 is 9.13 Å². The van der Waals surface area contributed by atoms with Gasteiger partial charge >= 0.3 is 0 Å². The zero-order valence-electron chi connectivity index (χ0n) is 11.2. The van der Waals surface area contributed by atoms with Gasteiger partial charge in [-0.25, -0.2) is 4.39 Å². The van der Waals surface area contributed by atoms with Gasteiger partial charge in [0.25, 0.3) is 0 Å². The summed E-state index contributed by atoms with van der Waals surface area (Å²) in [6.45, 7) is 2.52. The normalized spacial score (nSPS) is 12.2. The van der Waals surface area contributed by atoms with Crippen molar-refractivity contribution in [2.24, 2.45) is 0 Å². The third-order valence-electron chi connectivity index (χ3n) is 3.13. The Morgan fingerprint density at radius 1 is 1.11 bits per heavy atom. The molecular weight excluding hydrogens is 241 g/mol. The van der Waals surface area contributed by atoms with Crippen LogP contribution in [0.3, 0.4) is 0 Å². The lowest BCUT2D eigenvalue weighted by Crippen LogP contribution is -2.13. The van der Waals surface area contributed by atoms with Crippen molar-refractivity contribution in [1.82, 2.24) is 5.32 Å². The lowest BCUT2D eigenvalue weighted by Gasteiger charge is -2.16. The van der Waals surface area contributed by atoms with Gasteiger partial charge < -0.3 is 10.1 Å². The second kappa shape index (κ2) is 6.34. The van der Waals surface area contributed by atoms with E-state index in [1.807, 2.05) is 31.3 Å². The van der Waals surface area contributed by atoms with Gasteiger partial charge in [0.1, 0.15) is 18.2 Å². The molecule has 1 atom stereocenters. The van der Waals surface area contributed by atoms with Gasteiger partial charge in [0, 0.05) is 11.6 Å². The Morgan fingerprint density at radius 2 is 1.79 bits per heavy atom. The molecule has 0 aliphatic rings. The third kappa shape index (κ3) is 3.55.